The maximum atomic E-state index is 12.4. The molecule has 26 heavy (non-hydrogen) atoms. The zero-order chi connectivity index (χ0) is 18.7. The lowest BCUT2D eigenvalue weighted by molar-refractivity contribution is -0.384. The molecular formula is C18H23N5O3. The Balaban J connectivity index is 1.50. The van der Waals surface area contributed by atoms with Crippen LogP contribution in [0.5, 0.6) is 0 Å². The third-order valence-electron chi connectivity index (χ3n) is 4.70. The van der Waals surface area contributed by atoms with E-state index in [1.165, 1.54) is 12.1 Å². The van der Waals surface area contributed by atoms with Gasteiger partial charge in [-0.05, 0) is 32.0 Å². The van der Waals surface area contributed by atoms with Gasteiger partial charge in [0.1, 0.15) is 0 Å². The molecule has 2 aromatic rings. The van der Waals surface area contributed by atoms with Crippen molar-refractivity contribution in [2.45, 2.75) is 26.8 Å². The van der Waals surface area contributed by atoms with Gasteiger partial charge in [-0.3, -0.25) is 19.6 Å². The summed E-state index contributed by atoms with van der Waals surface area (Å²) in [5.74, 6) is 0.140. The molecule has 2 heterocycles. The molecule has 0 radical (unpaired) electrons. The number of carbonyl (C=O) groups is 1. The highest BCUT2D eigenvalue weighted by Crippen LogP contribution is 2.20. The van der Waals surface area contributed by atoms with Gasteiger partial charge >= 0.3 is 0 Å². The Labute approximate surface area is 152 Å². The summed E-state index contributed by atoms with van der Waals surface area (Å²) in [5, 5.41) is 15.1. The third kappa shape index (κ3) is 4.01. The number of carbonyl (C=O) groups excluding carboxylic acids is 1. The van der Waals surface area contributed by atoms with E-state index in [1.54, 1.807) is 12.1 Å². The Morgan fingerprint density at radius 1 is 1.15 bits per heavy atom. The van der Waals surface area contributed by atoms with E-state index in [4.69, 9.17) is 0 Å². The van der Waals surface area contributed by atoms with Crippen molar-refractivity contribution in [3.05, 3.63) is 51.8 Å². The lowest BCUT2D eigenvalue weighted by Gasteiger charge is -2.36. The van der Waals surface area contributed by atoms with Gasteiger partial charge in [0.25, 0.3) is 5.69 Å². The van der Waals surface area contributed by atoms with Gasteiger partial charge in [-0.15, -0.1) is 0 Å². The largest absolute Gasteiger partial charge is 0.368 e. The van der Waals surface area contributed by atoms with Gasteiger partial charge in [-0.1, -0.05) is 0 Å². The number of anilines is 1. The van der Waals surface area contributed by atoms with Gasteiger partial charge in [-0.25, -0.2) is 0 Å². The van der Waals surface area contributed by atoms with E-state index in [0.29, 0.717) is 26.1 Å². The number of non-ortho nitro benzene ring substituents is 1. The van der Waals surface area contributed by atoms with Crippen molar-refractivity contribution in [2.75, 3.05) is 31.1 Å². The maximum absolute atomic E-state index is 12.4. The van der Waals surface area contributed by atoms with Crippen LogP contribution >= 0.6 is 0 Å². The van der Waals surface area contributed by atoms with Gasteiger partial charge in [0.05, 0.1) is 10.6 Å². The Morgan fingerprint density at radius 2 is 1.81 bits per heavy atom. The molecule has 1 amide bonds. The molecule has 0 aliphatic carbocycles. The van der Waals surface area contributed by atoms with E-state index >= 15 is 0 Å². The highest BCUT2D eigenvalue weighted by atomic mass is 16.6. The number of aryl methyl sites for hydroxylation is 3. The summed E-state index contributed by atoms with van der Waals surface area (Å²) in [5.41, 5.74) is 3.07. The van der Waals surface area contributed by atoms with Crippen molar-refractivity contribution in [2.24, 2.45) is 0 Å². The first kappa shape index (κ1) is 17.9. The fraction of sp³-hybridized carbons (Fsp3) is 0.444. The van der Waals surface area contributed by atoms with Crippen LogP contribution in [0.4, 0.5) is 11.4 Å². The molecule has 3 rings (SSSR count). The maximum Gasteiger partial charge on any atom is 0.269 e. The summed E-state index contributed by atoms with van der Waals surface area (Å²) in [6, 6.07) is 8.56. The molecule has 0 N–H and O–H groups in total. The van der Waals surface area contributed by atoms with E-state index in [0.717, 1.165) is 30.2 Å². The molecule has 1 saturated heterocycles. The van der Waals surface area contributed by atoms with Crippen LogP contribution in [0.3, 0.4) is 0 Å². The average molecular weight is 357 g/mol. The van der Waals surface area contributed by atoms with Crippen molar-refractivity contribution in [1.82, 2.24) is 14.7 Å². The number of rotatable bonds is 5. The minimum atomic E-state index is -0.400. The van der Waals surface area contributed by atoms with Gasteiger partial charge in [0, 0.05) is 62.7 Å². The molecule has 1 aliphatic rings. The number of benzene rings is 1. The van der Waals surface area contributed by atoms with Gasteiger partial charge < -0.3 is 9.80 Å². The molecule has 8 heteroatoms. The number of amides is 1. The molecule has 0 atom stereocenters. The van der Waals surface area contributed by atoms with E-state index < -0.39 is 4.92 Å². The second kappa shape index (κ2) is 7.55. The SMILES string of the molecule is Cc1cc(C)n(CCC(=O)N2CCN(c3ccc([N+](=O)[O-])cc3)CC2)n1. The molecule has 1 aliphatic heterocycles. The summed E-state index contributed by atoms with van der Waals surface area (Å²) in [6.45, 7) is 7.31. The minimum absolute atomic E-state index is 0.0896. The average Bonchev–Trinajstić information content (AvgIpc) is 2.97. The van der Waals surface area contributed by atoms with E-state index in [9.17, 15) is 14.9 Å². The van der Waals surface area contributed by atoms with Gasteiger partial charge in [-0.2, -0.15) is 5.10 Å². The topological polar surface area (TPSA) is 84.5 Å². The van der Waals surface area contributed by atoms with Crippen molar-refractivity contribution in [3.8, 4) is 0 Å². The zero-order valence-corrected chi connectivity index (χ0v) is 15.1. The van der Waals surface area contributed by atoms with Crippen molar-refractivity contribution >= 4 is 17.3 Å². The smallest absolute Gasteiger partial charge is 0.269 e. The number of nitrogens with zero attached hydrogens (tertiary/aromatic N) is 5. The van der Waals surface area contributed by atoms with Crippen LogP contribution in [0, 0.1) is 24.0 Å². The summed E-state index contributed by atoms with van der Waals surface area (Å²) in [7, 11) is 0. The Kier molecular flexibility index (Phi) is 5.20. The number of hydrogen-bond acceptors (Lipinski definition) is 5. The molecule has 0 spiro atoms. The van der Waals surface area contributed by atoms with Crippen LogP contribution in [0.2, 0.25) is 0 Å². The van der Waals surface area contributed by atoms with Crippen LogP contribution in [0.25, 0.3) is 0 Å². The lowest BCUT2D eigenvalue weighted by Crippen LogP contribution is -2.49. The first-order valence-electron chi connectivity index (χ1n) is 8.72. The second-order valence-corrected chi connectivity index (χ2v) is 6.54. The number of nitro benzene ring substituents is 1. The van der Waals surface area contributed by atoms with Crippen molar-refractivity contribution < 1.29 is 9.72 Å². The zero-order valence-electron chi connectivity index (χ0n) is 15.1. The molecule has 0 bridgehead atoms. The predicted molar refractivity (Wildman–Crippen MR) is 98.2 cm³/mol. The van der Waals surface area contributed by atoms with Crippen LogP contribution in [0.1, 0.15) is 17.8 Å². The predicted octanol–water partition coefficient (Wildman–Crippen LogP) is 2.15. The fourth-order valence-electron chi connectivity index (χ4n) is 3.26. The van der Waals surface area contributed by atoms with E-state index in [-0.39, 0.29) is 11.6 Å². The van der Waals surface area contributed by atoms with Crippen LogP contribution in [-0.4, -0.2) is 51.7 Å². The summed E-state index contributed by atoms with van der Waals surface area (Å²) in [6.07, 6.45) is 0.444. The molecule has 138 valence electrons. The summed E-state index contributed by atoms with van der Waals surface area (Å²) >= 11 is 0. The minimum Gasteiger partial charge on any atom is -0.368 e. The van der Waals surface area contributed by atoms with E-state index in [1.807, 2.05) is 29.5 Å². The molecule has 0 unspecified atom stereocenters. The normalized spacial score (nSPS) is 14.5. The highest BCUT2D eigenvalue weighted by molar-refractivity contribution is 5.76. The van der Waals surface area contributed by atoms with Crippen LogP contribution in [0.15, 0.2) is 30.3 Å². The molecule has 1 aromatic carbocycles. The number of nitro groups is 1. The van der Waals surface area contributed by atoms with E-state index in [2.05, 4.69) is 10.00 Å². The number of piperazine rings is 1. The van der Waals surface area contributed by atoms with Crippen LogP contribution < -0.4 is 4.90 Å². The quantitative estimate of drug-likeness (QED) is 0.605. The Morgan fingerprint density at radius 3 is 2.35 bits per heavy atom. The first-order chi connectivity index (χ1) is 12.4. The van der Waals surface area contributed by atoms with Crippen molar-refractivity contribution in [3.63, 3.8) is 0 Å². The standard InChI is InChI=1S/C18H23N5O3/c1-14-13-15(2)22(19-14)8-7-18(24)21-11-9-20(10-12-21)16-3-5-17(6-4-16)23(25)26/h3-6,13H,7-12H2,1-2H3. The highest BCUT2D eigenvalue weighted by Gasteiger charge is 2.21. The molecule has 8 nitrogen and oxygen atoms in total. The molecular weight excluding hydrogens is 334 g/mol. The lowest BCUT2D eigenvalue weighted by atomic mass is 10.2. The fourth-order valence-corrected chi connectivity index (χ4v) is 3.26. The van der Waals surface area contributed by atoms with Gasteiger partial charge in [0.15, 0.2) is 0 Å². The summed E-state index contributed by atoms with van der Waals surface area (Å²) in [4.78, 5) is 26.8. The molecule has 0 saturated carbocycles. The van der Waals surface area contributed by atoms with Gasteiger partial charge in [0.2, 0.25) is 5.91 Å². The monoisotopic (exact) mass is 357 g/mol. The van der Waals surface area contributed by atoms with Crippen molar-refractivity contribution in [1.29, 1.82) is 0 Å². The molecule has 1 fully saturated rings. The first-order valence-corrected chi connectivity index (χ1v) is 8.72. The third-order valence-corrected chi connectivity index (χ3v) is 4.70. The number of hydrogen-bond donors (Lipinski definition) is 0. The Hall–Kier alpha value is -2.90. The number of aromatic nitrogens is 2. The molecule has 1 aromatic heterocycles. The van der Waals surface area contributed by atoms with Crippen LogP contribution in [-0.2, 0) is 11.3 Å². The Bertz CT molecular complexity index is 792. The second-order valence-electron chi connectivity index (χ2n) is 6.54. The summed E-state index contributed by atoms with van der Waals surface area (Å²) < 4.78 is 1.88.